The zero-order valence-electron chi connectivity index (χ0n) is 10.2. The van der Waals surface area contributed by atoms with Crippen LogP contribution >= 0.6 is 11.6 Å². The minimum atomic E-state index is -1.23. The van der Waals surface area contributed by atoms with Gasteiger partial charge in [0.05, 0.1) is 16.8 Å². The maximum Gasteiger partial charge on any atom is 0.326 e. The van der Waals surface area contributed by atoms with E-state index in [9.17, 15) is 19.1 Å². The molecule has 108 valence electrons. The molecule has 1 heterocycles. The van der Waals surface area contributed by atoms with E-state index in [2.05, 4.69) is 5.32 Å². The van der Waals surface area contributed by atoms with E-state index in [4.69, 9.17) is 16.7 Å². The minimum absolute atomic E-state index is 0.00460. The number of benzene rings is 1. The summed E-state index contributed by atoms with van der Waals surface area (Å²) in [6.45, 7) is -0.130. The maximum absolute atomic E-state index is 13.5. The summed E-state index contributed by atoms with van der Waals surface area (Å²) < 4.78 is 13.5. The third kappa shape index (κ3) is 2.83. The number of anilines is 1. The van der Waals surface area contributed by atoms with Crippen LogP contribution < -0.4 is 5.32 Å². The number of carbonyl (C=O) groups excluding carboxylic acids is 1. The molecule has 2 rings (SSSR count). The molecule has 0 spiro atoms. The molecule has 1 saturated heterocycles. The number of aliphatic carboxylic acids is 1. The number of halogens is 2. The van der Waals surface area contributed by atoms with Gasteiger partial charge in [-0.15, -0.1) is 0 Å². The van der Waals surface area contributed by atoms with Crippen molar-refractivity contribution in [2.45, 2.75) is 18.6 Å². The Morgan fingerprint density at radius 2 is 2.15 bits per heavy atom. The second kappa shape index (κ2) is 5.64. The molecule has 1 aromatic carbocycles. The van der Waals surface area contributed by atoms with Crippen molar-refractivity contribution in [1.29, 1.82) is 0 Å². The highest BCUT2D eigenvalue weighted by Gasteiger charge is 2.39. The molecule has 0 aromatic heterocycles. The van der Waals surface area contributed by atoms with E-state index in [1.165, 1.54) is 12.1 Å². The number of β-amino-alcohol motifs (C(OH)–C–C–N with tert-alkyl or cyclic N) is 1. The number of carboxylic acid groups (broad SMARTS) is 1. The first-order valence-electron chi connectivity index (χ1n) is 5.82. The lowest BCUT2D eigenvalue weighted by Crippen LogP contribution is -2.43. The standard InChI is InChI=1S/C12H12ClFN2O4/c13-7-2-1-3-8(14)10(7)15-12(20)16-5-6(17)4-9(16)11(18)19/h1-3,6,9,17H,4-5H2,(H,15,20)(H,18,19)/t6-,9-/m0/s1. The van der Waals surface area contributed by atoms with Gasteiger partial charge in [0.1, 0.15) is 11.9 Å². The molecule has 2 amide bonds. The van der Waals surface area contributed by atoms with E-state index in [-0.39, 0.29) is 23.7 Å². The second-order valence-corrected chi connectivity index (χ2v) is 4.83. The van der Waals surface area contributed by atoms with E-state index < -0.39 is 30.0 Å². The molecule has 0 aliphatic carbocycles. The Balaban J connectivity index is 2.18. The maximum atomic E-state index is 13.5. The van der Waals surface area contributed by atoms with E-state index in [0.29, 0.717) is 0 Å². The van der Waals surface area contributed by atoms with E-state index >= 15 is 0 Å². The number of carbonyl (C=O) groups is 2. The Bertz CT molecular complexity index is 534. The number of carboxylic acids is 1. The molecule has 1 fully saturated rings. The Kier molecular flexibility index (Phi) is 4.10. The number of likely N-dealkylation sites (tertiary alicyclic amines) is 1. The van der Waals surface area contributed by atoms with Crippen LogP contribution in [0.1, 0.15) is 6.42 Å². The van der Waals surface area contributed by atoms with Crippen molar-refractivity contribution in [3.63, 3.8) is 0 Å². The van der Waals surface area contributed by atoms with Crippen LogP contribution in [-0.4, -0.2) is 45.8 Å². The van der Waals surface area contributed by atoms with Gasteiger partial charge in [-0.25, -0.2) is 14.0 Å². The van der Waals surface area contributed by atoms with Crippen molar-refractivity contribution < 1.29 is 24.2 Å². The van der Waals surface area contributed by atoms with Crippen molar-refractivity contribution in [3.8, 4) is 0 Å². The number of aliphatic hydroxyl groups is 1. The number of nitrogens with zero attached hydrogens (tertiary/aromatic N) is 1. The van der Waals surface area contributed by atoms with Crippen molar-refractivity contribution in [2.75, 3.05) is 11.9 Å². The van der Waals surface area contributed by atoms with Crippen molar-refractivity contribution >= 4 is 29.3 Å². The molecule has 6 nitrogen and oxygen atoms in total. The number of hydrogen-bond acceptors (Lipinski definition) is 3. The van der Waals surface area contributed by atoms with E-state index in [1.807, 2.05) is 0 Å². The molecule has 0 radical (unpaired) electrons. The summed E-state index contributed by atoms with van der Waals surface area (Å²) in [6.07, 6.45) is -0.980. The van der Waals surface area contributed by atoms with Gasteiger partial charge in [-0.2, -0.15) is 0 Å². The average Bonchev–Trinajstić information content (AvgIpc) is 2.76. The SMILES string of the molecule is O=C(O)[C@@H]1C[C@H](O)CN1C(=O)Nc1c(F)cccc1Cl. The Labute approximate surface area is 118 Å². The number of aliphatic hydroxyl groups excluding tert-OH is 1. The second-order valence-electron chi connectivity index (χ2n) is 4.42. The molecule has 1 aromatic rings. The molecule has 0 bridgehead atoms. The monoisotopic (exact) mass is 302 g/mol. The molecule has 20 heavy (non-hydrogen) atoms. The fourth-order valence-corrected chi connectivity index (χ4v) is 2.28. The molecule has 2 atom stereocenters. The molecule has 8 heteroatoms. The highest BCUT2D eigenvalue weighted by Crippen LogP contribution is 2.26. The van der Waals surface area contributed by atoms with Gasteiger partial charge in [0, 0.05) is 13.0 Å². The quantitative estimate of drug-likeness (QED) is 0.773. The zero-order valence-corrected chi connectivity index (χ0v) is 11.0. The third-order valence-corrected chi connectivity index (χ3v) is 3.33. The number of urea groups is 1. The fourth-order valence-electron chi connectivity index (χ4n) is 2.07. The normalized spacial score (nSPS) is 21.9. The highest BCUT2D eigenvalue weighted by atomic mass is 35.5. The summed E-state index contributed by atoms with van der Waals surface area (Å²) >= 11 is 5.77. The van der Waals surface area contributed by atoms with Gasteiger partial charge in [0.25, 0.3) is 0 Å². The smallest absolute Gasteiger partial charge is 0.326 e. The van der Waals surface area contributed by atoms with Crippen LogP contribution in [0.4, 0.5) is 14.9 Å². The number of hydrogen-bond donors (Lipinski definition) is 3. The van der Waals surface area contributed by atoms with Gasteiger partial charge >= 0.3 is 12.0 Å². The van der Waals surface area contributed by atoms with Crippen LogP contribution in [0.5, 0.6) is 0 Å². The average molecular weight is 303 g/mol. The van der Waals surface area contributed by atoms with Crippen molar-refractivity contribution in [3.05, 3.63) is 29.0 Å². The lowest BCUT2D eigenvalue weighted by atomic mass is 10.2. The van der Waals surface area contributed by atoms with Gasteiger partial charge in [-0.3, -0.25) is 0 Å². The molecular weight excluding hydrogens is 291 g/mol. The van der Waals surface area contributed by atoms with Gasteiger partial charge in [0.15, 0.2) is 0 Å². The largest absolute Gasteiger partial charge is 0.480 e. The summed E-state index contributed by atoms with van der Waals surface area (Å²) in [6, 6.07) is 1.94. The zero-order chi connectivity index (χ0) is 14.9. The molecular formula is C12H12ClFN2O4. The summed E-state index contributed by atoms with van der Waals surface area (Å²) in [5, 5.41) is 20.7. The molecule has 1 aliphatic rings. The first-order chi connectivity index (χ1) is 9.40. The predicted octanol–water partition coefficient (Wildman–Crippen LogP) is 1.53. The summed E-state index contributed by atoms with van der Waals surface area (Å²) in [5.41, 5.74) is -0.218. The Morgan fingerprint density at radius 3 is 2.75 bits per heavy atom. The van der Waals surface area contributed by atoms with Crippen LogP contribution in [-0.2, 0) is 4.79 Å². The third-order valence-electron chi connectivity index (χ3n) is 3.02. The number of rotatable bonds is 2. The van der Waals surface area contributed by atoms with Gasteiger partial charge < -0.3 is 20.4 Å². The van der Waals surface area contributed by atoms with Crippen LogP contribution in [0.2, 0.25) is 5.02 Å². The number of amides is 2. The van der Waals surface area contributed by atoms with Crippen LogP contribution in [0.3, 0.4) is 0 Å². The summed E-state index contributed by atoms with van der Waals surface area (Å²) in [7, 11) is 0. The predicted molar refractivity (Wildman–Crippen MR) is 69.2 cm³/mol. The first-order valence-corrected chi connectivity index (χ1v) is 6.20. The fraction of sp³-hybridized carbons (Fsp3) is 0.333. The van der Waals surface area contributed by atoms with Crippen molar-refractivity contribution in [2.24, 2.45) is 0 Å². The molecule has 1 aliphatic heterocycles. The van der Waals surface area contributed by atoms with Gasteiger partial charge in [0.2, 0.25) is 0 Å². The number of nitrogens with one attached hydrogen (secondary N) is 1. The highest BCUT2D eigenvalue weighted by molar-refractivity contribution is 6.33. The van der Waals surface area contributed by atoms with Crippen LogP contribution in [0.15, 0.2) is 18.2 Å². The Hall–Kier alpha value is -1.86. The summed E-state index contributed by atoms with van der Waals surface area (Å²) in [5.74, 6) is -1.95. The van der Waals surface area contributed by atoms with Crippen molar-refractivity contribution in [1.82, 2.24) is 4.90 Å². The van der Waals surface area contributed by atoms with Gasteiger partial charge in [-0.05, 0) is 12.1 Å². The number of para-hydroxylation sites is 1. The first kappa shape index (κ1) is 14.5. The molecule has 0 saturated carbocycles. The van der Waals surface area contributed by atoms with Gasteiger partial charge in [-0.1, -0.05) is 17.7 Å². The van der Waals surface area contributed by atoms with E-state index in [0.717, 1.165) is 11.0 Å². The van der Waals surface area contributed by atoms with Crippen LogP contribution in [0, 0.1) is 5.82 Å². The van der Waals surface area contributed by atoms with Crippen LogP contribution in [0.25, 0.3) is 0 Å². The molecule has 0 unspecified atom stereocenters. The lowest BCUT2D eigenvalue weighted by molar-refractivity contribution is -0.141. The van der Waals surface area contributed by atoms with E-state index in [1.54, 1.807) is 0 Å². The topological polar surface area (TPSA) is 89.9 Å². The molecule has 3 N–H and O–H groups in total. The summed E-state index contributed by atoms with van der Waals surface area (Å²) in [4.78, 5) is 24.0. The lowest BCUT2D eigenvalue weighted by Gasteiger charge is -2.22. The minimum Gasteiger partial charge on any atom is -0.480 e. The Morgan fingerprint density at radius 1 is 1.45 bits per heavy atom.